The normalized spacial score (nSPS) is 12.9. The molecule has 0 bridgehead atoms. The molecule has 0 rings (SSSR count). The summed E-state index contributed by atoms with van der Waals surface area (Å²) in [6, 6.07) is -2.30. The molecule has 0 spiro atoms. The molecule has 0 saturated carbocycles. The number of rotatable bonds is 9. The lowest BCUT2D eigenvalue weighted by atomic mass is 10.0. The van der Waals surface area contributed by atoms with Gasteiger partial charge in [-0.3, -0.25) is 19.8 Å². The van der Waals surface area contributed by atoms with Crippen LogP contribution in [0.2, 0.25) is 0 Å². The molecule has 2 atom stereocenters. The number of hydrazine groups is 1. The minimum Gasteiger partial charge on any atom is -0.352 e. The number of urea groups is 1. The topological polar surface area (TPSA) is 168 Å². The quantitative estimate of drug-likeness (QED) is 0.125. The molecule has 0 fully saturated rings. The summed E-state index contributed by atoms with van der Waals surface area (Å²) in [5.74, 6) is 3.56. The van der Waals surface area contributed by atoms with Crippen LogP contribution in [0, 0.1) is 5.92 Å². The molecule has 0 saturated heterocycles. The van der Waals surface area contributed by atoms with Crippen LogP contribution in [0.25, 0.3) is 0 Å². The Labute approximate surface area is 135 Å². The van der Waals surface area contributed by atoms with Gasteiger partial charge >= 0.3 is 6.03 Å². The summed E-state index contributed by atoms with van der Waals surface area (Å²) < 4.78 is 0. The maximum absolute atomic E-state index is 12.3. The van der Waals surface area contributed by atoms with E-state index in [1.807, 2.05) is 5.43 Å². The molecule has 0 aliphatic heterocycles. The van der Waals surface area contributed by atoms with Crippen LogP contribution in [0.3, 0.4) is 0 Å². The van der Waals surface area contributed by atoms with E-state index in [1.165, 1.54) is 6.92 Å². The third kappa shape index (κ3) is 8.61. The van der Waals surface area contributed by atoms with Gasteiger partial charge in [-0.25, -0.2) is 10.6 Å². The second-order valence-corrected chi connectivity index (χ2v) is 5.43. The first-order valence-corrected chi connectivity index (χ1v) is 7.30. The van der Waals surface area contributed by atoms with E-state index in [2.05, 4.69) is 16.0 Å². The summed E-state index contributed by atoms with van der Waals surface area (Å²) in [5.41, 5.74) is 6.91. The average Bonchev–Trinajstić information content (AvgIpc) is 2.46. The van der Waals surface area contributed by atoms with Crippen molar-refractivity contribution in [2.75, 3.05) is 6.54 Å². The Morgan fingerprint density at radius 2 is 1.65 bits per heavy atom. The number of carbonyl (C=O) groups excluding carboxylic acids is 4. The predicted octanol–water partition coefficient (Wildman–Crippen LogP) is -1.93. The molecule has 0 aliphatic carbocycles. The van der Waals surface area contributed by atoms with E-state index in [9.17, 15) is 19.2 Å². The van der Waals surface area contributed by atoms with Crippen molar-refractivity contribution in [3.8, 4) is 0 Å². The minimum atomic E-state index is -0.878. The van der Waals surface area contributed by atoms with Gasteiger partial charge in [0.15, 0.2) is 0 Å². The summed E-state index contributed by atoms with van der Waals surface area (Å²) in [4.78, 5) is 45.7. The van der Waals surface area contributed by atoms with Crippen LogP contribution in [0.15, 0.2) is 0 Å². The highest BCUT2D eigenvalue weighted by Gasteiger charge is 2.27. The largest absolute Gasteiger partial charge is 0.352 e. The molecular formula is C13H26N6O4. The molecule has 2 unspecified atom stereocenters. The summed E-state index contributed by atoms with van der Waals surface area (Å²) in [6.45, 7) is 5.12. The first-order valence-electron chi connectivity index (χ1n) is 7.30. The number of nitrogens with one attached hydrogen (secondary N) is 4. The lowest BCUT2D eigenvalue weighted by Crippen LogP contribution is -2.56. The minimum absolute atomic E-state index is 0.156. The lowest BCUT2D eigenvalue weighted by molar-refractivity contribution is -0.132. The lowest BCUT2D eigenvalue weighted by Gasteiger charge is -2.24. The van der Waals surface area contributed by atoms with Gasteiger partial charge in [0.25, 0.3) is 5.91 Å². The van der Waals surface area contributed by atoms with Crippen molar-refractivity contribution in [3.05, 3.63) is 0 Å². The second-order valence-electron chi connectivity index (χ2n) is 5.43. The Kier molecular flexibility index (Phi) is 9.31. The van der Waals surface area contributed by atoms with Gasteiger partial charge < -0.3 is 21.7 Å². The van der Waals surface area contributed by atoms with Gasteiger partial charge in [0.2, 0.25) is 11.8 Å². The van der Waals surface area contributed by atoms with Crippen LogP contribution in [0.5, 0.6) is 0 Å². The zero-order valence-electron chi connectivity index (χ0n) is 13.6. The molecule has 23 heavy (non-hydrogen) atoms. The molecule has 10 nitrogen and oxygen atoms in total. The van der Waals surface area contributed by atoms with Gasteiger partial charge in [-0.1, -0.05) is 13.8 Å². The Bertz CT molecular complexity index is 440. The van der Waals surface area contributed by atoms with Gasteiger partial charge in [-0.15, -0.1) is 0 Å². The zero-order valence-corrected chi connectivity index (χ0v) is 13.6. The summed E-state index contributed by atoms with van der Waals surface area (Å²) in [7, 11) is 0. The number of primary amides is 1. The van der Waals surface area contributed by atoms with Crippen molar-refractivity contribution in [3.63, 3.8) is 0 Å². The Balaban J connectivity index is 4.72. The molecule has 0 aromatic heterocycles. The number of hydrogen-bond acceptors (Lipinski definition) is 5. The van der Waals surface area contributed by atoms with Gasteiger partial charge in [0.1, 0.15) is 12.1 Å². The van der Waals surface area contributed by atoms with E-state index in [-0.39, 0.29) is 24.8 Å². The average molecular weight is 330 g/mol. The van der Waals surface area contributed by atoms with Gasteiger partial charge in [-0.2, -0.15) is 0 Å². The molecule has 0 aliphatic rings. The Morgan fingerprint density at radius 1 is 1.04 bits per heavy atom. The molecule has 5 amide bonds. The predicted molar refractivity (Wildman–Crippen MR) is 83.5 cm³/mol. The van der Waals surface area contributed by atoms with E-state index in [4.69, 9.17) is 11.6 Å². The molecule has 0 heterocycles. The van der Waals surface area contributed by atoms with Crippen molar-refractivity contribution in [2.24, 2.45) is 17.5 Å². The van der Waals surface area contributed by atoms with E-state index in [1.54, 1.807) is 13.8 Å². The fourth-order valence-electron chi connectivity index (χ4n) is 1.90. The van der Waals surface area contributed by atoms with E-state index in [0.717, 1.165) is 0 Å². The Morgan fingerprint density at radius 3 is 2.09 bits per heavy atom. The smallest absolute Gasteiger partial charge is 0.312 e. The third-order valence-electron chi connectivity index (χ3n) is 3.05. The molecule has 10 heteroatoms. The highest BCUT2D eigenvalue weighted by atomic mass is 16.2. The van der Waals surface area contributed by atoms with Crippen LogP contribution >= 0.6 is 0 Å². The van der Waals surface area contributed by atoms with Crippen molar-refractivity contribution in [1.29, 1.82) is 0 Å². The maximum Gasteiger partial charge on any atom is 0.312 e. The van der Waals surface area contributed by atoms with Crippen LogP contribution in [-0.2, 0) is 14.4 Å². The number of amides is 5. The van der Waals surface area contributed by atoms with Crippen molar-refractivity contribution < 1.29 is 19.2 Å². The molecular weight excluding hydrogens is 304 g/mol. The Hall–Kier alpha value is -2.36. The summed E-state index contributed by atoms with van der Waals surface area (Å²) in [6.07, 6.45) is 0.660. The van der Waals surface area contributed by atoms with Crippen LogP contribution in [-0.4, -0.2) is 42.4 Å². The fraction of sp³-hybridized carbons (Fsp3) is 0.692. The molecule has 0 aromatic carbocycles. The van der Waals surface area contributed by atoms with Crippen LogP contribution in [0.4, 0.5) is 4.79 Å². The van der Waals surface area contributed by atoms with Crippen molar-refractivity contribution in [2.45, 2.75) is 45.7 Å². The van der Waals surface area contributed by atoms with Crippen molar-refractivity contribution in [1.82, 2.24) is 21.4 Å². The monoisotopic (exact) mass is 330 g/mol. The van der Waals surface area contributed by atoms with Gasteiger partial charge in [-0.05, 0) is 18.8 Å². The summed E-state index contributed by atoms with van der Waals surface area (Å²) in [5, 5.41) is 7.47. The number of carbonyl (C=O) groups is 4. The van der Waals surface area contributed by atoms with E-state index < -0.39 is 29.9 Å². The second kappa shape index (κ2) is 10.4. The van der Waals surface area contributed by atoms with Crippen LogP contribution < -0.4 is 33.0 Å². The third-order valence-corrected chi connectivity index (χ3v) is 3.05. The molecule has 0 radical (unpaired) electrons. The first kappa shape index (κ1) is 20.6. The maximum atomic E-state index is 12.3. The fourth-order valence-corrected chi connectivity index (χ4v) is 1.90. The molecule has 8 N–H and O–H groups in total. The summed E-state index contributed by atoms with van der Waals surface area (Å²) >= 11 is 0. The van der Waals surface area contributed by atoms with Crippen LogP contribution in [0.1, 0.15) is 33.6 Å². The molecule has 0 aromatic rings. The SMILES string of the molecule is CC(=O)NC(C(=O)NC(CCCNC(N)=O)C(=O)NN)C(C)C. The standard InChI is InChI=1S/C13H26N6O4/c1-7(2)10(17-8(3)20)12(22)18-9(11(21)19-15)5-4-6-16-13(14)23/h7,9-10H,4-6,15H2,1-3H3,(H,17,20)(H,18,22)(H,19,21)(H3,14,16,23). The van der Waals surface area contributed by atoms with E-state index in [0.29, 0.717) is 6.42 Å². The van der Waals surface area contributed by atoms with Crippen molar-refractivity contribution >= 4 is 23.8 Å². The van der Waals surface area contributed by atoms with E-state index >= 15 is 0 Å². The highest BCUT2D eigenvalue weighted by molar-refractivity contribution is 5.91. The first-order chi connectivity index (χ1) is 10.7. The number of nitrogens with two attached hydrogens (primary N) is 2. The highest BCUT2D eigenvalue weighted by Crippen LogP contribution is 2.04. The molecule has 132 valence electrons. The number of hydrogen-bond donors (Lipinski definition) is 6. The van der Waals surface area contributed by atoms with Gasteiger partial charge in [0, 0.05) is 13.5 Å². The van der Waals surface area contributed by atoms with Gasteiger partial charge in [0.05, 0.1) is 0 Å². The zero-order chi connectivity index (χ0) is 18.0.